The van der Waals surface area contributed by atoms with Gasteiger partial charge in [-0.2, -0.15) is 9.61 Å². The third-order valence-corrected chi connectivity index (χ3v) is 3.07. The van der Waals surface area contributed by atoms with E-state index in [1.165, 1.54) is 4.52 Å². The van der Waals surface area contributed by atoms with Crippen LogP contribution >= 0.6 is 12.6 Å². The smallest absolute Gasteiger partial charge is 0.285 e. The molecule has 0 bridgehead atoms. The first-order valence-corrected chi connectivity index (χ1v) is 6.12. The Hall–Kier alpha value is -2.15. The summed E-state index contributed by atoms with van der Waals surface area (Å²) in [5.74, 6) is 0. The van der Waals surface area contributed by atoms with Crippen molar-refractivity contribution < 1.29 is 0 Å². The van der Waals surface area contributed by atoms with Crippen molar-refractivity contribution in [2.45, 2.75) is 19.0 Å². The molecule has 0 saturated carbocycles. The molecule has 7 heteroatoms. The largest absolute Gasteiger partial charge is 0.350 e. The number of fused-ring (bicyclic) bond motifs is 1. The Bertz CT molecular complexity index is 818. The number of aromatic nitrogens is 5. The average Bonchev–Trinajstić information content (AvgIpc) is 2.67. The van der Waals surface area contributed by atoms with Crippen LogP contribution in [-0.4, -0.2) is 24.6 Å². The molecule has 1 N–H and O–H groups in total. The normalized spacial score (nSPS) is 11.1. The lowest BCUT2D eigenvalue weighted by Gasteiger charge is -2.00. The molecule has 0 radical (unpaired) electrons. The Labute approximate surface area is 114 Å². The van der Waals surface area contributed by atoms with Gasteiger partial charge in [-0.1, -0.05) is 6.07 Å². The molecule has 0 amide bonds. The van der Waals surface area contributed by atoms with Crippen LogP contribution in [0.5, 0.6) is 0 Å². The van der Waals surface area contributed by atoms with E-state index in [0.29, 0.717) is 5.65 Å². The van der Waals surface area contributed by atoms with Gasteiger partial charge in [0, 0.05) is 17.5 Å². The molecule has 0 fully saturated rings. The van der Waals surface area contributed by atoms with Crippen molar-refractivity contribution in [3.8, 4) is 11.1 Å². The van der Waals surface area contributed by atoms with E-state index in [4.69, 9.17) is 0 Å². The molecule has 0 atom stereocenters. The Morgan fingerprint density at radius 1 is 1.32 bits per heavy atom. The van der Waals surface area contributed by atoms with Crippen LogP contribution in [0.15, 0.2) is 28.3 Å². The lowest BCUT2D eigenvalue weighted by molar-refractivity contribution is 0.782. The number of rotatable bonds is 1. The van der Waals surface area contributed by atoms with E-state index in [0.717, 1.165) is 22.5 Å². The highest BCUT2D eigenvalue weighted by atomic mass is 32.1. The van der Waals surface area contributed by atoms with Crippen molar-refractivity contribution >= 4 is 18.3 Å². The van der Waals surface area contributed by atoms with Gasteiger partial charge in [-0.3, -0.25) is 9.97 Å². The summed E-state index contributed by atoms with van der Waals surface area (Å²) in [5.41, 5.74) is 3.46. The third-order valence-electron chi connectivity index (χ3n) is 2.86. The number of hydrogen-bond acceptors (Lipinski definition) is 5. The van der Waals surface area contributed by atoms with Crippen molar-refractivity contribution in [3.05, 3.63) is 40.2 Å². The lowest BCUT2D eigenvalue weighted by atomic mass is 10.1. The second-order valence-electron chi connectivity index (χ2n) is 4.25. The van der Waals surface area contributed by atoms with Crippen molar-refractivity contribution in [1.82, 2.24) is 24.6 Å². The van der Waals surface area contributed by atoms with Crippen molar-refractivity contribution in [2.75, 3.05) is 0 Å². The molecule has 96 valence electrons. The Morgan fingerprint density at radius 3 is 2.79 bits per heavy atom. The minimum Gasteiger partial charge on any atom is -0.285 e. The SMILES string of the molecule is Cc1ccc(-c2c(C)nn3c(=O)[nH]c(S)nc23)cn1. The average molecular weight is 273 g/mol. The van der Waals surface area contributed by atoms with E-state index in [1.807, 2.05) is 26.0 Å². The zero-order valence-corrected chi connectivity index (χ0v) is 11.3. The van der Waals surface area contributed by atoms with Crippen LogP contribution in [-0.2, 0) is 0 Å². The molecule has 3 rings (SSSR count). The van der Waals surface area contributed by atoms with Crippen LogP contribution in [0.1, 0.15) is 11.4 Å². The monoisotopic (exact) mass is 273 g/mol. The van der Waals surface area contributed by atoms with Crippen LogP contribution in [0.4, 0.5) is 0 Å². The topological polar surface area (TPSA) is 75.9 Å². The van der Waals surface area contributed by atoms with Gasteiger partial charge in [0.05, 0.1) is 11.3 Å². The van der Waals surface area contributed by atoms with E-state index < -0.39 is 0 Å². The molecular weight excluding hydrogens is 262 g/mol. The summed E-state index contributed by atoms with van der Waals surface area (Å²) < 4.78 is 1.24. The predicted octanol–water partition coefficient (Wildman–Crippen LogP) is 1.39. The van der Waals surface area contributed by atoms with Gasteiger partial charge >= 0.3 is 5.69 Å². The molecule has 0 aliphatic heterocycles. The molecule has 19 heavy (non-hydrogen) atoms. The summed E-state index contributed by atoms with van der Waals surface area (Å²) in [4.78, 5) is 22.8. The van der Waals surface area contributed by atoms with Gasteiger partial charge in [-0.15, -0.1) is 12.6 Å². The fourth-order valence-corrected chi connectivity index (χ4v) is 2.18. The summed E-state index contributed by atoms with van der Waals surface area (Å²) in [6.45, 7) is 3.75. The second kappa shape index (κ2) is 4.20. The minimum absolute atomic E-state index is 0.263. The van der Waals surface area contributed by atoms with Gasteiger partial charge in [0.15, 0.2) is 10.8 Å². The van der Waals surface area contributed by atoms with Crippen molar-refractivity contribution in [1.29, 1.82) is 0 Å². The quantitative estimate of drug-likeness (QED) is 0.657. The molecule has 0 unspecified atom stereocenters. The number of H-pyrrole nitrogens is 1. The van der Waals surface area contributed by atoms with Crippen LogP contribution in [0, 0.1) is 13.8 Å². The van der Waals surface area contributed by atoms with Gasteiger partial charge in [0.2, 0.25) is 0 Å². The van der Waals surface area contributed by atoms with Gasteiger partial charge in [0.25, 0.3) is 0 Å². The standard InChI is InChI=1S/C12H11N5OS/c1-6-3-4-8(5-13-6)9-7(2)16-17-10(9)14-11(19)15-12(17)18/h3-5H,1-2H3,(H2,14,15,18,19). The molecule has 0 saturated heterocycles. The molecular formula is C12H11N5OS. The van der Waals surface area contributed by atoms with E-state index in [2.05, 4.69) is 32.7 Å². The number of hydrogen-bond donors (Lipinski definition) is 2. The molecule has 0 spiro atoms. The molecule has 0 aliphatic carbocycles. The third kappa shape index (κ3) is 1.91. The van der Waals surface area contributed by atoms with Gasteiger partial charge < -0.3 is 0 Å². The Kier molecular flexibility index (Phi) is 2.63. The number of nitrogens with zero attached hydrogens (tertiary/aromatic N) is 4. The molecule has 3 aromatic heterocycles. The second-order valence-corrected chi connectivity index (χ2v) is 4.67. The fourth-order valence-electron chi connectivity index (χ4n) is 1.99. The first kappa shape index (κ1) is 11.9. The first-order chi connectivity index (χ1) is 9.06. The van der Waals surface area contributed by atoms with Crippen LogP contribution in [0.25, 0.3) is 16.8 Å². The lowest BCUT2D eigenvalue weighted by Crippen LogP contribution is -2.18. The summed E-state index contributed by atoms with van der Waals surface area (Å²) in [5, 5.41) is 4.46. The Morgan fingerprint density at radius 2 is 2.11 bits per heavy atom. The zero-order chi connectivity index (χ0) is 13.6. The van der Waals surface area contributed by atoms with Crippen molar-refractivity contribution in [2.24, 2.45) is 0 Å². The maximum Gasteiger partial charge on any atom is 0.350 e. The maximum atomic E-state index is 11.8. The summed E-state index contributed by atoms with van der Waals surface area (Å²) >= 11 is 4.09. The van der Waals surface area contributed by atoms with E-state index >= 15 is 0 Å². The van der Waals surface area contributed by atoms with Crippen molar-refractivity contribution in [3.63, 3.8) is 0 Å². The van der Waals surface area contributed by atoms with Crippen LogP contribution in [0.3, 0.4) is 0 Å². The number of aromatic amines is 1. The zero-order valence-electron chi connectivity index (χ0n) is 10.4. The summed E-state index contributed by atoms with van der Waals surface area (Å²) in [6, 6.07) is 3.85. The first-order valence-electron chi connectivity index (χ1n) is 5.68. The van der Waals surface area contributed by atoms with E-state index in [-0.39, 0.29) is 10.8 Å². The fraction of sp³-hybridized carbons (Fsp3) is 0.167. The molecule has 0 aliphatic rings. The highest BCUT2D eigenvalue weighted by Gasteiger charge is 2.15. The van der Waals surface area contributed by atoms with Gasteiger partial charge in [0.1, 0.15) is 0 Å². The maximum absolute atomic E-state index is 11.8. The van der Waals surface area contributed by atoms with Gasteiger partial charge in [-0.05, 0) is 19.9 Å². The molecule has 6 nitrogen and oxygen atoms in total. The van der Waals surface area contributed by atoms with Gasteiger partial charge in [-0.25, -0.2) is 9.78 Å². The van der Waals surface area contributed by atoms with Crippen LogP contribution < -0.4 is 5.69 Å². The number of nitrogens with one attached hydrogen (secondary N) is 1. The number of aryl methyl sites for hydroxylation is 2. The molecule has 3 heterocycles. The molecule has 0 aromatic carbocycles. The van der Waals surface area contributed by atoms with E-state index in [1.54, 1.807) is 6.20 Å². The van der Waals surface area contributed by atoms with E-state index in [9.17, 15) is 4.79 Å². The Balaban J connectivity index is 2.37. The van der Waals surface area contributed by atoms with Crippen LogP contribution in [0.2, 0.25) is 0 Å². The summed E-state index contributed by atoms with van der Waals surface area (Å²) in [7, 11) is 0. The predicted molar refractivity (Wildman–Crippen MR) is 73.6 cm³/mol. The number of pyridine rings is 1. The molecule has 3 aromatic rings. The summed E-state index contributed by atoms with van der Waals surface area (Å²) in [6.07, 6.45) is 1.75. The highest BCUT2D eigenvalue weighted by molar-refractivity contribution is 7.80. The highest BCUT2D eigenvalue weighted by Crippen LogP contribution is 2.25. The number of thiol groups is 1. The minimum atomic E-state index is -0.357.